The van der Waals surface area contributed by atoms with Gasteiger partial charge in [-0.15, -0.1) is 0 Å². The zero-order valence-corrected chi connectivity index (χ0v) is 15.7. The molecule has 0 amide bonds. The van der Waals surface area contributed by atoms with Gasteiger partial charge in [-0.25, -0.2) is 17.2 Å². The molecule has 1 aliphatic heterocycles. The third kappa shape index (κ3) is 4.90. The average molecular weight is 373 g/mol. The van der Waals surface area contributed by atoms with E-state index in [1.807, 2.05) is 11.8 Å². The predicted octanol–water partition coefficient (Wildman–Crippen LogP) is 1.98. The van der Waals surface area contributed by atoms with E-state index in [0.29, 0.717) is 44.1 Å². The minimum absolute atomic E-state index is 0.0829. The molecule has 1 aromatic rings. The van der Waals surface area contributed by atoms with Gasteiger partial charge in [-0.05, 0) is 44.9 Å². The van der Waals surface area contributed by atoms with Crippen LogP contribution in [0.2, 0.25) is 0 Å². The molecule has 0 bridgehead atoms. The number of hydrogen-bond donors (Lipinski definition) is 1. The largest absolute Gasteiger partial charge is 0.357 e. The Labute approximate surface area is 148 Å². The zero-order chi connectivity index (χ0) is 18.7. The maximum Gasteiger partial charge on any atom is 0.194 e. The number of rotatable bonds is 4. The van der Waals surface area contributed by atoms with Gasteiger partial charge in [-0.3, -0.25) is 4.99 Å². The highest BCUT2D eigenvalue weighted by Crippen LogP contribution is 2.23. The fourth-order valence-electron chi connectivity index (χ4n) is 2.80. The maximum absolute atomic E-state index is 13.2. The summed E-state index contributed by atoms with van der Waals surface area (Å²) in [5, 5.41) is 3.16. The maximum atomic E-state index is 13.2. The van der Waals surface area contributed by atoms with Gasteiger partial charge in [0.15, 0.2) is 15.8 Å². The topological polar surface area (TPSA) is 61.8 Å². The number of aliphatic imine (C=N–C) groups is 1. The van der Waals surface area contributed by atoms with E-state index in [0.717, 1.165) is 6.07 Å². The Kier molecular flexibility index (Phi) is 6.03. The second-order valence-corrected chi connectivity index (χ2v) is 9.51. The molecule has 0 radical (unpaired) electrons. The second-order valence-electron chi connectivity index (χ2n) is 6.76. The van der Waals surface area contributed by atoms with Crippen molar-refractivity contribution in [2.75, 3.05) is 31.9 Å². The summed E-state index contributed by atoms with van der Waals surface area (Å²) in [5.74, 6) is -0.496. The molecule has 0 unspecified atom stereocenters. The Balaban J connectivity index is 2.08. The van der Waals surface area contributed by atoms with Gasteiger partial charge >= 0.3 is 0 Å². The molecule has 5 nitrogen and oxygen atoms in total. The van der Waals surface area contributed by atoms with Crippen LogP contribution in [0.15, 0.2) is 23.2 Å². The molecular weight excluding hydrogens is 348 g/mol. The molecule has 1 fully saturated rings. The summed E-state index contributed by atoms with van der Waals surface area (Å²) in [7, 11) is -3.12. The van der Waals surface area contributed by atoms with Crippen LogP contribution in [-0.2, 0) is 16.3 Å². The molecule has 0 aromatic heterocycles. The molecule has 0 spiro atoms. The first kappa shape index (κ1) is 19.6. The van der Waals surface area contributed by atoms with Crippen LogP contribution < -0.4 is 5.32 Å². The minimum Gasteiger partial charge on any atom is -0.357 e. The van der Waals surface area contributed by atoms with Crippen molar-refractivity contribution in [1.29, 1.82) is 0 Å². The number of hydrogen-bond acceptors (Lipinski definition) is 3. The number of guanidine groups is 1. The Morgan fingerprint density at radius 1 is 1.28 bits per heavy atom. The van der Waals surface area contributed by atoms with Crippen molar-refractivity contribution in [3.8, 4) is 0 Å². The van der Waals surface area contributed by atoms with Gasteiger partial charge in [-0.1, -0.05) is 0 Å². The van der Waals surface area contributed by atoms with E-state index >= 15 is 0 Å². The van der Waals surface area contributed by atoms with Gasteiger partial charge in [0.1, 0.15) is 11.6 Å². The van der Waals surface area contributed by atoms with Gasteiger partial charge in [0.2, 0.25) is 0 Å². The molecule has 0 aliphatic carbocycles. The van der Waals surface area contributed by atoms with Crippen molar-refractivity contribution >= 4 is 15.8 Å². The third-order valence-corrected chi connectivity index (χ3v) is 6.80. The lowest BCUT2D eigenvalue weighted by molar-refractivity contribution is 0.353. The average Bonchev–Trinajstić information content (AvgIpc) is 2.48. The first-order valence-corrected chi connectivity index (χ1v) is 10.0. The summed E-state index contributed by atoms with van der Waals surface area (Å²) < 4.78 is 49.9. The smallest absolute Gasteiger partial charge is 0.194 e. The van der Waals surface area contributed by atoms with Crippen molar-refractivity contribution in [2.24, 2.45) is 4.99 Å². The number of nitrogens with one attached hydrogen (secondary N) is 1. The van der Waals surface area contributed by atoms with Crippen LogP contribution in [0.1, 0.15) is 26.3 Å². The van der Waals surface area contributed by atoms with Crippen LogP contribution in [0, 0.1) is 11.6 Å². The highest BCUT2D eigenvalue weighted by Gasteiger charge is 2.40. The Morgan fingerprint density at radius 2 is 1.92 bits per heavy atom. The quantitative estimate of drug-likeness (QED) is 0.648. The molecule has 25 heavy (non-hydrogen) atoms. The van der Waals surface area contributed by atoms with Gasteiger partial charge in [-0.2, -0.15) is 0 Å². The monoisotopic (exact) mass is 373 g/mol. The number of benzene rings is 1. The van der Waals surface area contributed by atoms with E-state index in [9.17, 15) is 17.2 Å². The van der Waals surface area contributed by atoms with Crippen molar-refractivity contribution < 1.29 is 17.2 Å². The van der Waals surface area contributed by atoms with E-state index < -0.39 is 26.2 Å². The first-order valence-electron chi connectivity index (χ1n) is 8.35. The van der Waals surface area contributed by atoms with E-state index in [4.69, 9.17) is 0 Å². The molecular formula is C17H25F2N3O2S. The van der Waals surface area contributed by atoms with E-state index in [2.05, 4.69) is 10.3 Å². The Hall–Kier alpha value is -1.70. The molecule has 1 N–H and O–H groups in total. The summed E-state index contributed by atoms with van der Waals surface area (Å²) in [6.45, 7) is 7.11. The third-order valence-electron chi connectivity index (χ3n) is 4.26. The SMILES string of the molecule is CCNC(=NCCc1cc(F)cc(F)c1)N1CCS(=O)(=O)C(C)(C)C1. The molecule has 0 saturated carbocycles. The van der Waals surface area contributed by atoms with Crippen molar-refractivity contribution in [3.63, 3.8) is 0 Å². The summed E-state index contributed by atoms with van der Waals surface area (Å²) in [6.07, 6.45) is 0.402. The predicted molar refractivity (Wildman–Crippen MR) is 95.5 cm³/mol. The van der Waals surface area contributed by atoms with Gasteiger partial charge in [0.25, 0.3) is 0 Å². The normalized spacial score (nSPS) is 19.7. The van der Waals surface area contributed by atoms with E-state index in [1.54, 1.807) is 13.8 Å². The van der Waals surface area contributed by atoms with Gasteiger partial charge in [0.05, 0.1) is 10.5 Å². The summed E-state index contributed by atoms with van der Waals surface area (Å²) in [5.41, 5.74) is 0.540. The van der Waals surface area contributed by atoms with Crippen LogP contribution in [0.25, 0.3) is 0 Å². The van der Waals surface area contributed by atoms with Crippen LogP contribution in [-0.4, -0.2) is 56.0 Å². The van der Waals surface area contributed by atoms with E-state index in [1.165, 1.54) is 12.1 Å². The molecule has 1 heterocycles. The summed E-state index contributed by atoms with van der Waals surface area (Å²) >= 11 is 0. The molecule has 1 aliphatic rings. The van der Waals surface area contributed by atoms with Gasteiger partial charge < -0.3 is 10.2 Å². The Morgan fingerprint density at radius 3 is 2.48 bits per heavy atom. The molecule has 140 valence electrons. The van der Waals surface area contributed by atoms with Gasteiger partial charge in [0, 0.05) is 32.2 Å². The number of halogens is 2. The van der Waals surface area contributed by atoms with E-state index in [-0.39, 0.29) is 5.75 Å². The van der Waals surface area contributed by atoms with Crippen LogP contribution in [0.4, 0.5) is 8.78 Å². The summed E-state index contributed by atoms with van der Waals surface area (Å²) in [6, 6.07) is 3.43. The van der Waals surface area contributed by atoms with Crippen molar-refractivity contribution in [2.45, 2.75) is 31.9 Å². The molecule has 8 heteroatoms. The molecule has 1 aromatic carbocycles. The lowest BCUT2D eigenvalue weighted by atomic mass is 10.1. The minimum atomic E-state index is -3.12. The van der Waals surface area contributed by atoms with Crippen molar-refractivity contribution in [3.05, 3.63) is 35.4 Å². The molecule has 2 rings (SSSR count). The summed E-state index contributed by atoms with van der Waals surface area (Å²) in [4.78, 5) is 6.42. The fourth-order valence-corrected chi connectivity index (χ4v) is 4.16. The number of nitrogens with zero attached hydrogens (tertiary/aromatic N) is 2. The Bertz CT molecular complexity index is 728. The molecule has 0 atom stereocenters. The highest BCUT2D eigenvalue weighted by molar-refractivity contribution is 7.92. The van der Waals surface area contributed by atoms with Crippen LogP contribution in [0.3, 0.4) is 0 Å². The first-order chi connectivity index (χ1) is 11.6. The second kappa shape index (κ2) is 7.68. The van der Waals surface area contributed by atoms with Crippen LogP contribution >= 0.6 is 0 Å². The molecule has 1 saturated heterocycles. The van der Waals surface area contributed by atoms with Crippen LogP contribution in [0.5, 0.6) is 0 Å². The van der Waals surface area contributed by atoms with Crippen molar-refractivity contribution in [1.82, 2.24) is 10.2 Å². The highest BCUT2D eigenvalue weighted by atomic mass is 32.2. The lowest BCUT2D eigenvalue weighted by Gasteiger charge is -2.39. The number of sulfone groups is 1. The fraction of sp³-hybridized carbons (Fsp3) is 0.588. The standard InChI is InChI=1S/C17H25F2N3O2S/c1-4-20-16(22-7-8-25(23,24)17(2,3)12-22)21-6-5-13-9-14(18)11-15(19)10-13/h9-11H,4-8,12H2,1-3H3,(H,20,21). The lowest BCUT2D eigenvalue weighted by Crippen LogP contribution is -2.57. The zero-order valence-electron chi connectivity index (χ0n) is 14.8.